The zero-order chi connectivity index (χ0) is 21.5. The predicted molar refractivity (Wildman–Crippen MR) is 103 cm³/mol. The second-order valence-electron chi connectivity index (χ2n) is 7.22. The first kappa shape index (κ1) is 20.0. The molecule has 3 heterocycles. The fraction of sp³-hybridized carbons (Fsp3) is 0.350. The van der Waals surface area contributed by atoms with Gasteiger partial charge in [-0.2, -0.15) is 13.2 Å². The first-order valence-corrected chi connectivity index (χ1v) is 9.43. The SMILES string of the molecule is C[C@@H](NC(=O)c1ccc2c(n1)N(C(=O)Oc1ccccc1)[C@H]1CCN2C1)C(F)(F)F. The van der Waals surface area contributed by atoms with E-state index >= 15 is 0 Å². The average molecular weight is 420 g/mol. The van der Waals surface area contributed by atoms with Gasteiger partial charge in [-0.25, -0.2) is 9.78 Å². The number of anilines is 2. The zero-order valence-electron chi connectivity index (χ0n) is 16.0. The summed E-state index contributed by atoms with van der Waals surface area (Å²) >= 11 is 0. The monoisotopic (exact) mass is 420 g/mol. The Bertz CT molecular complexity index is 968. The van der Waals surface area contributed by atoms with Gasteiger partial charge in [0.2, 0.25) is 0 Å². The Kier molecular flexibility index (Phi) is 5.00. The molecule has 0 unspecified atom stereocenters. The van der Waals surface area contributed by atoms with Crippen LogP contribution in [0.3, 0.4) is 0 Å². The number of carbonyl (C=O) groups excluding carboxylic acids is 2. The lowest BCUT2D eigenvalue weighted by atomic mass is 10.1. The van der Waals surface area contributed by atoms with Crippen LogP contribution in [0.15, 0.2) is 42.5 Å². The standard InChI is InChI=1S/C20H19F3N4O3/c1-12(20(21,22)23)24-18(28)15-7-8-16-17(25-15)27(13-9-10-26(16)11-13)19(29)30-14-5-3-2-4-6-14/h2-8,12-13H,9-11H2,1H3,(H,24,28)/t12-,13+/m1/s1. The van der Waals surface area contributed by atoms with E-state index in [0.717, 1.165) is 6.92 Å². The van der Waals surface area contributed by atoms with Crippen molar-refractivity contribution < 1.29 is 27.5 Å². The minimum Gasteiger partial charge on any atom is -0.410 e. The molecule has 1 aromatic heterocycles. The summed E-state index contributed by atoms with van der Waals surface area (Å²) in [5, 5.41) is 1.89. The zero-order valence-corrected chi connectivity index (χ0v) is 16.0. The second-order valence-corrected chi connectivity index (χ2v) is 7.22. The molecule has 0 saturated carbocycles. The highest BCUT2D eigenvalue weighted by Gasteiger charge is 2.42. The van der Waals surface area contributed by atoms with Gasteiger partial charge in [0, 0.05) is 13.1 Å². The Balaban J connectivity index is 1.63. The van der Waals surface area contributed by atoms with Crippen molar-refractivity contribution in [1.29, 1.82) is 0 Å². The van der Waals surface area contributed by atoms with E-state index in [4.69, 9.17) is 4.74 Å². The van der Waals surface area contributed by atoms with E-state index < -0.39 is 24.2 Å². The highest BCUT2D eigenvalue weighted by Crippen LogP contribution is 2.39. The average Bonchev–Trinajstić information content (AvgIpc) is 3.12. The highest BCUT2D eigenvalue weighted by atomic mass is 19.4. The number of alkyl halides is 3. The molecule has 7 nitrogen and oxygen atoms in total. The largest absolute Gasteiger partial charge is 0.421 e. The van der Waals surface area contributed by atoms with Gasteiger partial charge < -0.3 is 15.0 Å². The smallest absolute Gasteiger partial charge is 0.410 e. The summed E-state index contributed by atoms with van der Waals surface area (Å²) in [5.74, 6) is -0.402. The third-order valence-electron chi connectivity index (χ3n) is 5.17. The number of hydrogen-bond acceptors (Lipinski definition) is 5. The molecule has 2 amide bonds. The predicted octanol–water partition coefficient (Wildman–Crippen LogP) is 3.36. The van der Waals surface area contributed by atoms with Crippen LogP contribution in [0.1, 0.15) is 23.8 Å². The van der Waals surface area contributed by atoms with Crippen LogP contribution < -0.4 is 19.9 Å². The summed E-state index contributed by atoms with van der Waals surface area (Å²) in [5.41, 5.74) is 0.430. The van der Waals surface area contributed by atoms with E-state index in [1.54, 1.807) is 36.4 Å². The summed E-state index contributed by atoms with van der Waals surface area (Å²) in [7, 11) is 0. The van der Waals surface area contributed by atoms with Gasteiger partial charge >= 0.3 is 12.3 Å². The van der Waals surface area contributed by atoms with Crippen LogP contribution in [0, 0.1) is 0 Å². The Hall–Kier alpha value is -3.30. The van der Waals surface area contributed by atoms with Crippen molar-refractivity contribution in [2.24, 2.45) is 0 Å². The van der Waals surface area contributed by atoms with Crippen LogP contribution in [0.2, 0.25) is 0 Å². The summed E-state index contributed by atoms with van der Waals surface area (Å²) in [6, 6.07) is 9.25. The number of benzene rings is 1. The Labute approximate surface area is 170 Å². The number of pyridine rings is 1. The summed E-state index contributed by atoms with van der Waals surface area (Å²) in [4.78, 5) is 32.9. The number of para-hydroxylation sites is 1. The van der Waals surface area contributed by atoms with E-state index in [2.05, 4.69) is 4.98 Å². The molecule has 0 radical (unpaired) electrons. The molecule has 2 atom stereocenters. The maximum Gasteiger partial charge on any atom is 0.421 e. The third kappa shape index (κ3) is 3.77. The van der Waals surface area contributed by atoms with Crippen LogP contribution in [0.4, 0.5) is 29.5 Å². The number of ether oxygens (including phenoxy) is 1. The van der Waals surface area contributed by atoms with Crippen molar-refractivity contribution in [3.05, 3.63) is 48.2 Å². The molecule has 30 heavy (non-hydrogen) atoms. The summed E-state index contributed by atoms with van der Waals surface area (Å²) < 4.78 is 43.8. The molecular formula is C20H19F3N4O3. The number of carbonyl (C=O) groups is 2. The van der Waals surface area contributed by atoms with Gasteiger partial charge in [-0.05, 0) is 37.6 Å². The first-order chi connectivity index (χ1) is 14.2. The maximum atomic E-state index is 12.9. The van der Waals surface area contributed by atoms with Crippen molar-refractivity contribution in [3.8, 4) is 5.75 Å². The molecular weight excluding hydrogens is 401 g/mol. The molecule has 158 valence electrons. The topological polar surface area (TPSA) is 74.8 Å². The molecule has 1 fully saturated rings. The molecule has 4 rings (SSSR count). The van der Waals surface area contributed by atoms with Crippen LogP contribution in [-0.4, -0.2) is 48.3 Å². The Morgan fingerprint density at radius 1 is 1.20 bits per heavy atom. The van der Waals surface area contributed by atoms with E-state index in [1.807, 2.05) is 10.2 Å². The number of rotatable bonds is 3. The maximum absolute atomic E-state index is 12.9. The van der Waals surface area contributed by atoms with Gasteiger partial charge in [0.05, 0.1) is 11.7 Å². The van der Waals surface area contributed by atoms with Gasteiger partial charge in [0.25, 0.3) is 5.91 Å². The first-order valence-electron chi connectivity index (χ1n) is 9.43. The molecule has 2 bridgehead atoms. The van der Waals surface area contributed by atoms with Crippen LogP contribution >= 0.6 is 0 Å². The fourth-order valence-electron chi connectivity index (χ4n) is 3.56. The van der Waals surface area contributed by atoms with Gasteiger partial charge in [0.15, 0.2) is 5.82 Å². The van der Waals surface area contributed by atoms with Crippen molar-refractivity contribution in [2.75, 3.05) is 22.9 Å². The number of hydrogen-bond donors (Lipinski definition) is 1. The Morgan fingerprint density at radius 2 is 1.93 bits per heavy atom. The molecule has 2 aliphatic heterocycles. The molecule has 10 heteroatoms. The van der Waals surface area contributed by atoms with E-state index in [0.29, 0.717) is 30.9 Å². The lowest BCUT2D eigenvalue weighted by Gasteiger charge is -2.35. The number of fused-ring (bicyclic) bond motifs is 4. The second kappa shape index (κ2) is 7.51. The van der Waals surface area contributed by atoms with Gasteiger partial charge in [0.1, 0.15) is 17.5 Å². The number of halogens is 3. The van der Waals surface area contributed by atoms with Gasteiger partial charge in [-0.3, -0.25) is 9.69 Å². The minimum absolute atomic E-state index is 0.200. The molecule has 0 aliphatic carbocycles. The van der Waals surface area contributed by atoms with Crippen LogP contribution in [-0.2, 0) is 0 Å². The van der Waals surface area contributed by atoms with E-state index in [1.165, 1.54) is 11.0 Å². The van der Waals surface area contributed by atoms with Crippen molar-refractivity contribution in [1.82, 2.24) is 10.3 Å². The molecule has 1 saturated heterocycles. The van der Waals surface area contributed by atoms with Gasteiger partial charge in [-0.1, -0.05) is 18.2 Å². The van der Waals surface area contributed by atoms with E-state index in [-0.39, 0.29) is 17.6 Å². The molecule has 2 aliphatic rings. The summed E-state index contributed by atoms with van der Waals surface area (Å²) in [6.45, 7) is 2.14. The number of nitrogens with one attached hydrogen (secondary N) is 1. The minimum atomic E-state index is -4.57. The number of amides is 2. The number of nitrogens with zero attached hydrogens (tertiary/aromatic N) is 3. The molecule has 2 aromatic rings. The van der Waals surface area contributed by atoms with Crippen LogP contribution in [0.25, 0.3) is 0 Å². The Morgan fingerprint density at radius 3 is 2.63 bits per heavy atom. The van der Waals surface area contributed by atoms with Gasteiger partial charge in [-0.15, -0.1) is 0 Å². The summed E-state index contributed by atoms with van der Waals surface area (Å²) in [6.07, 6.45) is -4.53. The van der Waals surface area contributed by atoms with Crippen molar-refractivity contribution >= 4 is 23.5 Å². The van der Waals surface area contributed by atoms with Crippen LogP contribution in [0.5, 0.6) is 5.75 Å². The molecule has 1 N–H and O–H groups in total. The highest BCUT2D eigenvalue weighted by molar-refractivity contribution is 5.98. The third-order valence-corrected chi connectivity index (χ3v) is 5.17. The van der Waals surface area contributed by atoms with Crippen molar-refractivity contribution in [2.45, 2.75) is 31.6 Å². The fourth-order valence-corrected chi connectivity index (χ4v) is 3.56. The lowest BCUT2D eigenvalue weighted by Crippen LogP contribution is -2.48. The van der Waals surface area contributed by atoms with Crippen molar-refractivity contribution in [3.63, 3.8) is 0 Å². The normalized spacial score (nSPS) is 18.6. The number of aromatic nitrogens is 1. The van der Waals surface area contributed by atoms with E-state index in [9.17, 15) is 22.8 Å². The molecule has 0 spiro atoms. The quantitative estimate of drug-likeness (QED) is 0.824. The molecule has 1 aromatic carbocycles. The lowest BCUT2D eigenvalue weighted by molar-refractivity contribution is -0.149.